The van der Waals surface area contributed by atoms with E-state index in [4.69, 9.17) is 34.9 Å². The van der Waals surface area contributed by atoms with Crippen LogP contribution in [0.2, 0.25) is 0 Å². The summed E-state index contributed by atoms with van der Waals surface area (Å²) in [6.07, 6.45) is 3.72. The van der Waals surface area contributed by atoms with Gasteiger partial charge in [-0.2, -0.15) is 0 Å². The highest BCUT2D eigenvalue weighted by molar-refractivity contribution is 6.12. The zero-order valence-electron chi connectivity index (χ0n) is 44.9. The second kappa shape index (κ2) is 20.1. The Hall–Kier alpha value is -10.1. The molecule has 13 aromatic rings. The van der Waals surface area contributed by atoms with E-state index in [1.165, 1.54) is 55.6 Å². The Labute approximate surface area is 460 Å². The van der Waals surface area contributed by atoms with Gasteiger partial charge in [0.2, 0.25) is 0 Å². The Morgan fingerprint density at radius 2 is 0.658 bits per heavy atom. The summed E-state index contributed by atoms with van der Waals surface area (Å²) < 4.78 is 2.42. The maximum Gasteiger partial charge on any atom is 0.166 e. The first-order valence-electron chi connectivity index (χ1n) is 26.7. The maximum atomic E-state index is 5.26. The molecule has 79 heavy (non-hydrogen) atoms. The molecule has 0 atom stereocenters. The molecular formula is C71H54N8. The normalized spacial score (nSPS) is 11.4. The molecule has 0 fully saturated rings. The van der Waals surface area contributed by atoms with Crippen LogP contribution in [0.15, 0.2) is 219 Å². The molecule has 0 saturated heterocycles. The highest BCUT2D eigenvalue weighted by Crippen LogP contribution is 2.44. The molecule has 0 bridgehead atoms. The van der Waals surface area contributed by atoms with Crippen molar-refractivity contribution < 1.29 is 0 Å². The minimum absolute atomic E-state index is 0.495. The quantitative estimate of drug-likeness (QED) is 0.135. The number of aryl methyl sites for hydroxylation is 6. The van der Waals surface area contributed by atoms with Crippen molar-refractivity contribution in [2.75, 3.05) is 0 Å². The SMILES string of the molecule is Cc1cc(C)c(-c2ccc3c(c2)c2cc(-c4c(C)cc(C)cc4C)ccc2n3-c2ccc(-c3nc(-c4ccccc4)nc(-c4ccccc4)n3)cc2-c2ccncc2-c2nc(-c3ccccc3)nc(-c3ccccc3)n2)c(C)c1. The summed E-state index contributed by atoms with van der Waals surface area (Å²) >= 11 is 0. The molecule has 0 saturated carbocycles. The van der Waals surface area contributed by atoms with Crippen LogP contribution in [-0.2, 0) is 0 Å². The van der Waals surface area contributed by atoms with Crippen LogP contribution in [-0.4, -0.2) is 39.5 Å². The average molecular weight is 1020 g/mol. The van der Waals surface area contributed by atoms with Crippen molar-refractivity contribution in [3.05, 3.63) is 252 Å². The first-order valence-corrected chi connectivity index (χ1v) is 26.7. The van der Waals surface area contributed by atoms with Crippen LogP contribution in [0.4, 0.5) is 0 Å². The number of fused-ring (bicyclic) bond motifs is 3. The van der Waals surface area contributed by atoms with Gasteiger partial charge in [-0.15, -0.1) is 0 Å². The van der Waals surface area contributed by atoms with Gasteiger partial charge in [0, 0.05) is 62.1 Å². The second-order valence-corrected chi connectivity index (χ2v) is 20.6. The van der Waals surface area contributed by atoms with E-state index in [1.54, 1.807) is 0 Å². The smallest absolute Gasteiger partial charge is 0.166 e. The number of nitrogens with zero attached hydrogens (tertiary/aromatic N) is 8. The van der Waals surface area contributed by atoms with Crippen LogP contribution in [0.3, 0.4) is 0 Å². The van der Waals surface area contributed by atoms with Gasteiger partial charge in [-0.1, -0.05) is 169 Å². The standard InChI is InChI=1S/C71H54N8/c1-43-35-45(3)64(46(4)36-43)53-27-30-62-58(39-53)59-40-54(65-47(5)37-44(2)38-48(65)6)28-31-63(59)79(62)61-32-29-55(70-75-66(49-19-11-7-12-20-49)73-67(76-70)50-21-13-8-14-22-50)41-57(61)56-33-34-72-42-60(56)71-77-68(51-23-15-9-16-24-51)74-69(78-71)52-25-17-10-18-26-52/h7-42H,1-6H3. The van der Waals surface area contributed by atoms with Crippen molar-refractivity contribution in [3.63, 3.8) is 0 Å². The van der Waals surface area contributed by atoms with Crippen LogP contribution in [0.5, 0.6) is 0 Å². The van der Waals surface area contributed by atoms with E-state index in [0.29, 0.717) is 34.9 Å². The van der Waals surface area contributed by atoms with E-state index in [2.05, 4.69) is 131 Å². The third-order valence-corrected chi connectivity index (χ3v) is 14.9. The van der Waals surface area contributed by atoms with Crippen molar-refractivity contribution in [2.24, 2.45) is 0 Å². The van der Waals surface area contributed by atoms with Crippen molar-refractivity contribution in [2.45, 2.75) is 41.5 Å². The molecule has 8 nitrogen and oxygen atoms in total. The van der Waals surface area contributed by atoms with Crippen LogP contribution in [0, 0.1) is 41.5 Å². The van der Waals surface area contributed by atoms with E-state index in [0.717, 1.165) is 72.0 Å². The molecule has 0 aliphatic carbocycles. The lowest BCUT2D eigenvalue weighted by molar-refractivity contribution is 1.07. The lowest BCUT2D eigenvalue weighted by Crippen LogP contribution is -2.04. The molecule has 0 amide bonds. The fourth-order valence-corrected chi connectivity index (χ4v) is 11.6. The second-order valence-electron chi connectivity index (χ2n) is 20.6. The molecule has 0 N–H and O–H groups in total. The van der Waals surface area contributed by atoms with Gasteiger partial charge < -0.3 is 4.57 Å². The van der Waals surface area contributed by atoms with Crippen molar-refractivity contribution in [1.29, 1.82) is 0 Å². The zero-order chi connectivity index (χ0) is 53.7. The molecule has 378 valence electrons. The predicted molar refractivity (Wildman–Crippen MR) is 323 cm³/mol. The summed E-state index contributed by atoms with van der Waals surface area (Å²) in [5.74, 6) is 3.32. The Kier molecular flexibility index (Phi) is 12.4. The molecule has 0 unspecified atom stereocenters. The molecular weight excluding hydrogens is 965 g/mol. The Balaban J connectivity index is 1.11. The Morgan fingerprint density at radius 3 is 1.06 bits per heavy atom. The molecule has 0 spiro atoms. The van der Waals surface area contributed by atoms with Gasteiger partial charge in [0.15, 0.2) is 34.9 Å². The first kappa shape index (κ1) is 48.6. The lowest BCUT2D eigenvalue weighted by atomic mass is 9.91. The monoisotopic (exact) mass is 1020 g/mol. The number of hydrogen-bond donors (Lipinski definition) is 0. The molecule has 0 radical (unpaired) electrons. The number of rotatable bonds is 10. The third-order valence-electron chi connectivity index (χ3n) is 14.9. The number of pyridine rings is 1. The highest BCUT2D eigenvalue weighted by Gasteiger charge is 2.24. The molecule has 0 aliphatic heterocycles. The summed E-state index contributed by atoms with van der Waals surface area (Å²) in [6.45, 7) is 13.2. The molecule has 0 aliphatic rings. The van der Waals surface area contributed by atoms with E-state index < -0.39 is 0 Å². The molecule has 4 heterocycles. The van der Waals surface area contributed by atoms with Crippen LogP contribution < -0.4 is 0 Å². The number of benzene rings is 9. The molecule has 8 heteroatoms. The minimum atomic E-state index is 0.495. The zero-order valence-corrected chi connectivity index (χ0v) is 44.9. The van der Waals surface area contributed by atoms with Gasteiger partial charge in [-0.25, -0.2) is 29.9 Å². The fourth-order valence-electron chi connectivity index (χ4n) is 11.6. The molecule has 9 aromatic carbocycles. The van der Waals surface area contributed by atoms with Gasteiger partial charge in [0.25, 0.3) is 0 Å². The van der Waals surface area contributed by atoms with Crippen molar-refractivity contribution in [1.82, 2.24) is 39.5 Å². The van der Waals surface area contributed by atoms with Crippen LogP contribution in [0.25, 0.3) is 129 Å². The number of aromatic nitrogens is 8. The predicted octanol–water partition coefficient (Wildman–Crippen LogP) is 17.4. The van der Waals surface area contributed by atoms with Gasteiger partial charge in [0.05, 0.1) is 16.7 Å². The lowest BCUT2D eigenvalue weighted by Gasteiger charge is -2.18. The third kappa shape index (κ3) is 9.13. The Morgan fingerprint density at radius 1 is 0.291 bits per heavy atom. The molecule has 13 rings (SSSR count). The van der Waals surface area contributed by atoms with Gasteiger partial charge >= 0.3 is 0 Å². The van der Waals surface area contributed by atoms with Crippen LogP contribution >= 0.6 is 0 Å². The van der Waals surface area contributed by atoms with E-state index in [9.17, 15) is 0 Å². The average Bonchev–Trinajstić information content (AvgIpc) is 4.08. The van der Waals surface area contributed by atoms with Crippen LogP contribution in [0.1, 0.15) is 33.4 Å². The highest BCUT2D eigenvalue weighted by atomic mass is 15.0. The van der Waals surface area contributed by atoms with Gasteiger partial charge in [-0.05, 0) is 140 Å². The first-order chi connectivity index (χ1) is 38.6. The molecule has 4 aromatic heterocycles. The largest absolute Gasteiger partial charge is 0.309 e. The van der Waals surface area contributed by atoms with E-state index in [-0.39, 0.29) is 0 Å². The summed E-state index contributed by atoms with van der Waals surface area (Å²) in [4.78, 5) is 35.9. The maximum absolute atomic E-state index is 5.26. The van der Waals surface area contributed by atoms with Gasteiger partial charge in [0.1, 0.15) is 0 Å². The Bertz CT molecular complexity index is 4200. The summed E-state index contributed by atoms with van der Waals surface area (Å²) in [7, 11) is 0. The van der Waals surface area contributed by atoms with Crippen molar-refractivity contribution >= 4 is 21.8 Å². The van der Waals surface area contributed by atoms with Crippen molar-refractivity contribution in [3.8, 4) is 107 Å². The number of hydrogen-bond acceptors (Lipinski definition) is 7. The van der Waals surface area contributed by atoms with E-state index in [1.807, 2.05) is 134 Å². The van der Waals surface area contributed by atoms with E-state index >= 15 is 0 Å². The topological polar surface area (TPSA) is 95.2 Å². The van der Waals surface area contributed by atoms with Gasteiger partial charge in [-0.3, -0.25) is 4.98 Å². The fraction of sp³-hybridized carbons (Fsp3) is 0.0845. The summed E-state index contributed by atoms with van der Waals surface area (Å²) in [6, 6.07) is 72.1. The summed E-state index contributed by atoms with van der Waals surface area (Å²) in [5, 5.41) is 2.30. The minimum Gasteiger partial charge on any atom is -0.309 e. The summed E-state index contributed by atoms with van der Waals surface area (Å²) in [5.41, 5.74) is 22.3.